The van der Waals surface area contributed by atoms with E-state index in [4.69, 9.17) is 0 Å². The molecule has 0 fully saturated rings. The second-order valence-corrected chi connectivity index (χ2v) is 9.86. The van der Waals surface area contributed by atoms with Crippen LogP contribution in [0.5, 0.6) is 0 Å². The molecule has 0 aliphatic heterocycles. The highest BCUT2D eigenvalue weighted by Gasteiger charge is 2.20. The molecule has 0 spiro atoms. The van der Waals surface area contributed by atoms with Crippen LogP contribution in [0.1, 0.15) is 31.2 Å². The molecule has 0 radical (unpaired) electrons. The minimum absolute atomic E-state index is 0.260. The first-order valence-electron chi connectivity index (χ1n) is 13.5. The molecule has 5 rings (SSSR count). The molecule has 0 aromatic heterocycles. The zero-order valence-electron chi connectivity index (χ0n) is 22.4. The van der Waals surface area contributed by atoms with Gasteiger partial charge in [0, 0.05) is 41.0 Å². The Labute approximate surface area is 227 Å². The predicted octanol–water partition coefficient (Wildman–Crippen LogP) is 7.36. The number of benzene rings is 3. The maximum atomic E-state index is 4.26. The molecular weight excluding hydrogens is 460 g/mol. The summed E-state index contributed by atoms with van der Waals surface area (Å²) in [5, 5.41) is 2.22. The first-order chi connectivity index (χ1) is 18.7. The fourth-order valence-corrected chi connectivity index (χ4v) is 5.28. The van der Waals surface area contributed by atoms with Crippen molar-refractivity contribution in [1.29, 1.82) is 0 Å². The van der Waals surface area contributed by atoms with Gasteiger partial charge in [-0.2, -0.15) is 0 Å². The van der Waals surface area contributed by atoms with Gasteiger partial charge in [0.1, 0.15) is 0 Å². The summed E-state index contributed by atoms with van der Waals surface area (Å²) in [4.78, 5) is 4.72. The summed E-state index contributed by atoms with van der Waals surface area (Å²) < 4.78 is 0. The lowest BCUT2D eigenvalue weighted by molar-refractivity contribution is 0.404. The molecule has 0 bridgehead atoms. The van der Waals surface area contributed by atoms with Crippen LogP contribution >= 0.6 is 0 Å². The maximum Gasteiger partial charge on any atom is 0.0509 e. The SMILES string of the molecule is C=c1cccc/c1=C(/C=C\C)N(C)C1C=CC(N(c2ccccc2)c2ccc(C3C=CC=CC3)cc2)=CC1. The van der Waals surface area contributed by atoms with Crippen LogP contribution in [0.15, 0.2) is 139 Å². The van der Waals surface area contributed by atoms with Crippen LogP contribution < -0.4 is 15.3 Å². The lowest BCUT2D eigenvalue weighted by atomic mass is 9.92. The van der Waals surface area contributed by atoms with Gasteiger partial charge >= 0.3 is 0 Å². The summed E-state index contributed by atoms with van der Waals surface area (Å²) in [7, 11) is 2.18. The van der Waals surface area contributed by atoms with Crippen LogP contribution in [-0.2, 0) is 0 Å². The van der Waals surface area contributed by atoms with Crippen molar-refractivity contribution in [1.82, 2.24) is 4.90 Å². The van der Waals surface area contributed by atoms with Gasteiger partial charge in [0.15, 0.2) is 0 Å². The van der Waals surface area contributed by atoms with Crippen molar-refractivity contribution in [2.45, 2.75) is 31.7 Å². The summed E-state index contributed by atoms with van der Waals surface area (Å²) in [6.07, 6.45) is 22.0. The van der Waals surface area contributed by atoms with Gasteiger partial charge in [-0.05, 0) is 67.0 Å². The van der Waals surface area contributed by atoms with Crippen molar-refractivity contribution < 1.29 is 0 Å². The monoisotopic (exact) mass is 496 g/mol. The van der Waals surface area contributed by atoms with Gasteiger partial charge in [0.05, 0.1) is 6.04 Å². The molecule has 0 heterocycles. The lowest BCUT2D eigenvalue weighted by Gasteiger charge is -2.33. The maximum absolute atomic E-state index is 4.26. The van der Waals surface area contributed by atoms with E-state index < -0.39 is 0 Å². The van der Waals surface area contributed by atoms with Crippen molar-refractivity contribution in [2.24, 2.45) is 0 Å². The number of nitrogens with zero attached hydrogens (tertiary/aromatic N) is 2. The van der Waals surface area contributed by atoms with Crippen LogP contribution in [0.25, 0.3) is 12.3 Å². The third kappa shape index (κ3) is 5.50. The van der Waals surface area contributed by atoms with Crippen LogP contribution in [0, 0.1) is 0 Å². The normalized spacial score (nSPS) is 19.4. The van der Waals surface area contributed by atoms with Gasteiger partial charge < -0.3 is 9.80 Å². The minimum Gasteiger partial charge on any atom is -0.367 e. The molecule has 2 nitrogen and oxygen atoms in total. The van der Waals surface area contributed by atoms with Crippen molar-refractivity contribution in [2.75, 3.05) is 11.9 Å². The molecule has 2 unspecified atom stereocenters. The number of hydrogen-bond donors (Lipinski definition) is 0. The Balaban J connectivity index is 1.43. The molecule has 3 aromatic rings. The standard InChI is InChI=1S/C36H36N2/c1-4-13-36(35-19-12-11-14-28(35)2)37(3)31-24-26-34(27-25-31)38(32-17-9-6-10-18-32)33-22-20-30(21-23-33)29-15-7-5-8-16-29/h4-15,17-24,26-27,29,31H,2,16,25H2,1,3H3/b13-4-,36-35+. The number of para-hydroxylation sites is 1. The highest BCUT2D eigenvalue weighted by molar-refractivity contribution is 5.70. The van der Waals surface area contributed by atoms with Gasteiger partial charge in [0.2, 0.25) is 0 Å². The molecule has 0 N–H and O–H groups in total. The number of likely N-dealkylation sites (N-methyl/N-ethyl adjacent to an activating group) is 1. The minimum atomic E-state index is 0.260. The zero-order chi connectivity index (χ0) is 26.3. The Kier molecular flexibility index (Phi) is 7.89. The van der Waals surface area contributed by atoms with Gasteiger partial charge in [-0.3, -0.25) is 0 Å². The summed E-state index contributed by atoms with van der Waals surface area (Å²) in [6.45, 7) is 6.33. The third-order valence-corrected chi connectivity index (χ3v) is 7.39. The molecule has 2 heteroatoms. The van der Waals surface area contributed by atoms with E-state index in [9.17, 15) is 0 Å². The Morgan fingerprint density at radius 3 is 2.24 bits per heavy atom. The van der Waals surface area contributed by atoms with Crippen molar-refractivity contribution >= 4 is 23.7 Å². The van der Waals surface area contributed by atoms with Crippen LogP contribution in [0.3, 0.4) is 0 Å². The molecule has 0 amide bonds. The number of hydrogen-bond acceptors (Lipinski definition) is 2. The van der Waals surface area contributed by atoms with E-state index in [1.807, 2.05) is 6.07 Å². The van der Waals surface area contributed by atoms with E-state index >= 15 is 0 Å². The second-order valence-electron chi connectivity index (χ2n) is 9.86. The van der Waals surface area contributed by atoms with E-state index in [1.54, 1.807) is 0 Å². The largest absolute Gasteiger partial charge is 0.367 e. The summed E-state index contributed by atoms with van der Waals surface area (Å²) in [5.74, 6) is 0.454. The third-order valence-electron chi connectivity index (χ3n) is 7.39. The molecule has 2 aliphatic rings. The first-order valence-corrected chi connectivity index (χ1v) is 13.5. The first kappa shape index (κ1) is 25.4. The van der Waals surface area contributed by atoms with Crippen molar-refractivity contribution in [3.05, 3.63) is 155 Å². The molecular formula is C36H36N2. The molecule has 0 saturated carbocycles. The highest BCUT2D eigenvalue weighted by Crippen LogP contribution is 2.34. The van der Waals surface area contributed by atoms with Gasteiger partial charge in [-0.15, -0.1) is 0 Å². The van der Waals surface area contributed by atoms with E-state index in [-0.39, 0.29) is 6.04 Å². The molecule has 2 aliphatic carbocycles. The predicted molar refractivity (Wildman–Crippen MR) is 163 cm³/mol. The van der Waals surface area contributed by atoms with Crippen LogP contribution in [0.2, 0.25) is 0 Å². The van der Waals surface area contributed by atoms with Crippen LogP contribution in [-0.4, -0.2) is 18.0 Å². The van der Waals surface area contributed by atoms with Crippen LogP contribution in [0.4, 0.5) is 11.4 Å². The second kappa shape index (κ2) is 11.8. The summed E-state index contributed by atoms with van der Waals surface area (Å²) in [5.41, 5.74) is 6.07. The Bertz CT molecular complexity index is 1500. The highest BCUT2D eigenvalue weighted by atomic mass is 15.2. The summed E-state index contributed by atoms with van der Waals surface area (Å²) in [6, 6.07) is 28.3. The molecule has 2 atom stereocenters. The average molecular weight is 497 g/mol. The topological polar surface area (TPSA) is 6.48 Å². The Morgan fingerprint density at radius 2 is 1.58 bits per heavy atom. The van der Waals surface area contributed by atoms with Gasteiger partial charge in [0.25, 0.3) is 0 Å². The number of allylic oxidation sites excluding steroid dienone is 6. The average Bonchev–Trinajstić information content (AvgIpc) is 2.98. The van der Waals surface area contributed by atoms with E-state index in [2.05, 4.69) is 158 Å². The lowest BCUT2D eigenvalue weighted by Crippen LogP contribution is -2.36. The smallest absolute Gasteiger partial charge is 0.0509 e. The Morgan fingerprint density at radius 1 is 0.842 bits per heavy atom. The molecule has 0 saturated heterocycles. The van der Waals surface area contributed by atoms with E-state index in [0.29, 0.717) is 5.92 Å². The zero-order valence-corrected chi connectivity index (χ0v) is 22.4. The quantitative estimate of drug-likeness (QED) is 0.337. The van der Waals surface area contributed by atoms with E-state index in [1.165, 1.54) is 27.9 Å². The van der Waals surface area contributed by atoms with Crippen molar-refractivity contribution in [3.63, 3.8) is 0 Å². The Hall–Kier alpha value is -4.30. The van der Waals surface area contributed by atoms with Crippen molar-refractivity contribution in [3.8, 4) is 0 Å². The molecule has 38 heavy (non-hydrogen) atoms. The molecule has 190 valence electrons. The summed E-state index contributed by atoms with van der Waals surface area (Å²) >= 11 is 0. The fourth-order valence-electron chi connectivity index (χ4n) is 5.28. The fraction of sp³-hybridized carbons (Fsp3) is 0.167. The van der Waals surface area contributed by atoms with Gasteiger partial charge in [-0.25, -0.2) is 0 Å². The number of anilines is 2. The van der Waals surface area contributed by atoms with Gasteiger partial charge in [-0.1, -0.05) is 104 Å². The molecule has 3 aromatic carbocycles. The van der Waals surface area contributed by atoms with E-state index in [0.717, 1.165) is 23.7 Å². The number of rotatable bonds is 7.